The van der Waals surface area contributed by atoms with Crippen LogP contribution in [-0.2, 0) is 0 Å². The monoisotopic (exact) mass is 248 g/mol. The van der Waals surface area contributed by atoms with E-state index in [0.717, 1.165) is 18.0 Å². The van der Waals surface area contributed by atoms with Crippen molar-refractivity contribution in [2.75, 3.05) is 25.0 Å². The fourth-order valence-corrected chi connectivity index (χ4v) is 2.46. The molecule has 0 aliphatic carbocycles. The molecule has 2 rings (SSSR count). The topological polar surface area (TPSA) is 24.5 Å². The SMILES string of the molecule is CCOc1ccccc1NC1CCN(C(C)C)C1. The Kier molecular flexibility index (Phi) is 4.48. The van der Waals surface area contributed by atoms with Gasteiger partial charge in [-0.25, -0.2) is 0 Å². The van der Waals surface area contributed by atoms with Crippen LogP contribution in [0, 0.1) is 0 Å². The second-order valence-electron chi connectivity index (χ2n) is 5.15. The molecule has 1 aliphatic heterocycles. The molecule has 1 heterocycles. The van der Waals surface area contributed by atoms with Crippen molar-refractivity contribution in [1.29, 1.82) is 0 Å². The van der Waals surface area contributed by atoms with Crippen LogP contribution in [0.15, 0.2) is 24.3 Å². The predicted octanol–water partition coefficient (Wildman–Crippen LogP) is 2.98. The minimum atomic E-state index is 0.536. The highest BCUT2D eigenvalue weighted by molar-refractivity contribution is 5.56. The van der Waals surface area contributed by atoms with Crippen molar-refractivity contribution in [2.45, 2.75) is 39.3 Å². The minimum absolute atomic E-state index is 0.536. The first-order valence-electron chi connectivity index (χ1n) is 6.93. The van der Waals surface area contributed by atoms with Gasteiger partial charge in [-0.2, -0.15) is 0 Å². The molecule has 1 atom stereocenters. The van der Waals surface area contributed by atoms with Gasteiger partial charge in [0.15, 0.2) is 0 Å². The summed E-state index contributed by atoms with van der Waals surface area (Å²) in [7, 11) is 0. The van der Waals surface area contributed by atoms with E-state index in [1.807, 2.05) is 19.1 Å². The number of para-hydroxylation sites is 2. The normalized spacial score (nSPS) is 20.3. The zero-order valence-electron chi connectivity index (χ0n) is 11.6. The average Bonchev–Trinajstić information content (AvgIpc) is 2.81. The Morgan fingerprint density at radius 1 is 1.39 bits per heavy atom. The number of hydrogen-bond acceptors (Lipinski definition) is 3. The fraction of sp³-hybridized carbons (Fsp3) is 0.600. The molecule has 0 aromatic heterocycles. The largest absolute Gasteiger partial charge is 0.492 e. The molecule has 1 aliphatic rings. The van der Waals surface area contributed by atoms with Gasteiger partial charge in [0, 0.05) is 25.2 Å². The Labute approximate surface area is 110 Å². The molecule has 1 aromatic carbocycles. The summed E-state index contributed by atoms with van der Waals surface area (Å²) in [4.78, 5) is 2.51. The van der Waals surface area contributed by atoms with Gasteiger partial charge in [0.05, 0.1) is 12.3 Å². The maximum Gasteiger partial charge on any atom is 0.142 e. The van der Waals surface area contributed by atoms with E-state index in [9.17, 15) is 0 Å². The third-order valence-electron chi connectivity index (χ3n) is 3.50. The van der Waals surface area contributed by atoms with Gasteiger partial charge in [0.2, 0.25) is 0 Å². The maximum absolute atomic E-state index is 5.65. The van der Waals surface area contributed by atoms with Crippen molar-refractivity contribution in [3.63, 3.8) is 0 Å². The number of nitrogens with one attached hydrogen (secondary N) is 1. The number of rotatable bonds is 5. The summed E-state index contributed by atoms with van der Waals surface area (Å²) in [6.45, 7) is 9.56. The summed E-state index contributed by atoms with van der Waals surface area (Å²) in [5.74, 6) is 0.961. The van der Waals surface area contributed by atoms with E-state index in [-0.39, 0.29) is 0 Å². The van der Waals surface area contributed by atoms with Crippen LogP contribution in [0.5, 0.6) is 5.75 Å². The molecule has 1 N–H and O–H groups in total. The van der Waals surface area contributed by atoms with Crippen molar-refractivity contribution in [3.05, 3.63) is 24.3 Å². The van der Waals surface area contributed by atoms with E-state index in [0.29, 0.717) is 18.7 Å². The van der Waals surface area contributed by atoms with E-state index < -0.39 is 0 Å². The van der Waals surface area contributed by atoms with Crippen LogP contribution in [0.1, 0.15) is 27.2 Å². The molecule has 3 nitrogen and oxygen atoms in total. The zero-order valence-corrected chi connectivity index (χ0v) is 11.6. The lowest BCUT2D eigenvalue weighted by Gasteiger charge is -2.21. The van der Waals surface area contributed by atoms with Gasteiger partial charge in [-0.3, -0.25) is 4.90 Å². The molecule has 18 heavy (non-hydrogen) atoms. The number of anilines is 1. The Morgan fingerprint density at radius 2 is 2.17 bits per heavy atom. The lowest BCUT2D eigenvalue weighted by atomic mass is 10.2. The van der Waals surface area contributed by atoms with Crippen LogP contribution in [0.25, 0.3) is 0 Å². The molecule has 1 aromatic rings. The minimum Gasteiger partial charge on any atom is -0.492 e. The molecule has 1 unspecified atom stereocenters. The number of benzene rings is 1. The maximum atomic E-state index is 5.65. The Morgan fingerprint density at radius 3 is 2.83 bits per heavy atom. The standard InChI is InChI=1S/C15H24N2O/c1-4-18-15-8-6-5-7-14(15)16-13-9-10-17(11-13)12(2)3/h5-8,12-13,16H,4,9-11H2,1-3H3. The first-order chi connectivity index (χ1) is 8.70. The Hall–Kier alpha value is -1.22. The van der Waals surface area contributed by atoms with Crippen molar-refractivity contribution in [3.8, 4) is 5.75 Å². The highest BCUT2D eigenvalue weighted by Crippen LogP contribution is 2.26. The van der Waals surface area contributed by atoms with Crippen LogP contribution in [0.2, 0.25) is 0 Å². The first kappa shape index (κ1) is 13.2. The Bertz CT molecular complexity index is 379. The van der Waals surface area contributed by atoms with Crippen LogP contribution in [0.3, 0.4) is 0 Å². The number of likely N-dealkylation sites (tertiary alicyclic amines) is 1. The summed E-state index contributed by atoms with van der Waals surface area (Å²) >= 11 is 0. The molecule has 1 saturated heterocycles. The smallest absolute Gasteiger partial charge is 0.142 e. The summed E-state index contributed by atoms with van der Waals surface area (Å²) in [5.41, 5.74) is 1.12. The summed E-state index contributed by atoms with van der Waals surface area (Å²) in [6, 6.07) is 9.38. The lowest BCUT2D eigenvalue weighted by Crippen LogP contribution is -2.31. The van der Waals surface area contributed by atoms with E-state index in [1.54, 1.807) is 0 Å². The lowest BCUT2D eigenvalue weighted by molar-refractivity contribution is 0.274. The van der Waals surface area contributed by atoms with Crippen molar-refractivity contribution in [1.82, 2.24) is 4.90 Å². The third-order valence-corrected chi connectivity index (χ3v) is 3.50. The van der Waals surface area contributed by atoms with Crippen molar-refractivity contribution >= 4 is 5.69 Å². The van der Waals surface area contributed by atoms with Crippen molar-refractivity contribution in [2.24, 2.45) is 0 Å². The fourth-order valence-electron chi connectivity index (χ4n) is 2.46. The predicted molar refractivity (Wildman–Crippen MR) is 76.3 cm³/mol. The van der Waals surface area contributed by atoms with Crippen LogP contribution in [-0.4, -0.2) is 36.7 Å². The number of nitrogens with zero attached hydrogens (tertiary/aromatic N) is 1. The van der Waals surface area contributed by atoms with Gasteiger partial charge in [0.25, 0.3) is 0 Å². The third kappa shape index (κ3) is 3.16. The highest BCUT2D eigenvalue weighted by Gasteiger charge is 2.24. The molecule has 0 spiro atoms. The average molecular weight is 248 g/mol. The second kappa shape index (κ2) is 6.10. The molecule has 1 fully saturated rings. The van der Waals surface area contributed by atoms with Gasteiger partial charge >= 0.3 is 0 Å². The quantitative estimate of drug-likeness (QED) is 0.867. The van der Waals surface area contributed by atoms with Crippen LogP contribution in [0.4, 0.5) is 5.69 Å². The number of hydrogen-bond donors (Lipinski definition) is 1. The molecule has 0 amide bonds. The molecule has 0 bridgehead atoms. The highest BCUT2D eigenvalue weighted by atomic mass is 16.5. The van der Waals surface area contributed by atoms with Crippen molar-refractivity contribution < 1.29 is 4.74 Å². The second-order valence-corrected chi connectivity index (χ2v) is 5.15. The first-order valence-corrected chi connectivity index (χ1v) is 6.93. The van der Waals surface area contributed by atoms with E-state index in [4.69, 9.17) is 4.74 Å². The zero-order chi connectivity index (χ0) is 13.0. The van der Waals surface area contributed by atoms with E-state index in [1.165, 1.54) is 13.0 Å². The van der Waals surface area contributed by atoms with Gasteiger partial charge < -0.3 is 10.1 Å². The van der Waals surface area contributed by atoms with Gasteiger partial charge in [-0.05, 0) is 39.3 Å². The molecule has 0 saturated carbocycles. The Balaban J connectivity index is 1.98. The van der Waals surface area contributed by atoms with E-state index >= 15 is 0 Å². The van der Waals surface area contributed by atoms with Gasteiger partial charge in [-0.1, -0.05) is 12.1 Å². The molecular weight excluding hydrogens is 224 g/mol. The van der Waals surface area contributed by atoms with Crippen LogP contribution >= 0.6 is 0 Å². The van der Waals surface area contributed by atoms with E-state index in [2.05, 4.69) is 36.2 Å². The molecule has 0 radical (unpaired) electrons. The van der Waals surface area contributed by atoms with Gasteiger partial charge in [0.1, 0.15) is 5.75 Å². The molecule has 100 valence electrons. The van der Waals surface area contributed by atoms with Gasteiger partial charge in [-0.15, -0.1) is 0 Å². The summed E-state index contributed by atoms with van der Waals surface area (Å²) in [6.07, 6.45) is 1.21. The molecule has 3 heteroatoms. The summed E-state index contributed by atoms with van der Waals surface area (Å²) < 4.78 is 5.65. The van der Waals surface area contributed by atoms with Crippen LogP contribution < -0.4 is 10.1 Å². The number of ether oxygens (including phenoxy) is 1. The molecular formula is C15H24N2O. The summed E-state index contributed by atoms with van der Waals surface area (Å²) in [5, 5.41) is 3.61.